The molecule has 0 atom stereocenters. The number of carbonyl (C=O) groups is 1. The molecule has 1 aromatic carbocycles. The Balaban J connectivity index is 1.57. The SMILES string of the molecule is Cc1cccc(NS(=O)(=O)c2cc(-c3noc(C(=O)N4CCOCC4)n3)sc2C)c1. The molecule has 11 heteroatoms. The van der Waals surface area contributed by atoms with Gasteiger partial charge in [0.05, 0.1) is 18.1 Å². The average molecular weight is 449 g/mol. The number of ether oxygens (including phenoxy) is 1. The molecule has 0 aliphatic carbocycles. The number of nitrogens with one attached hydrogen (secondary N) is 1. The zero-order valence-electron chi connectivity index (χ0n) is 16.4. The van der Waals surface area contributed by atoms with Crippen molar-refractivity contribution in [2.24, 2.45) is 0 Å². The van der Waals surface area contributed by atoms with E-state index in [-0.39, 0.29) is 22.5 Å². The number of morpholine rings is 1. The van der Waals surface area contributed by atoms with Crippen molar-refractivity contribution in [3.63, 3.8) is 0 Å². The summed E-state index contributed by atoms with van der Waals surface area (Å²) in [4.78, 5) is 19.5. The predicted octanol–water partition coefficient (Wildman–Crippen LogP) is 2.69. The first-order chi connectivity index (χ1) is 14.3. The minimum atomic E-state index is -3.79. The van der Waals surface area contributed by atoms with Crippen molar-refractivity contribution in [1.29, 1.82) is 0 Å². The van der Waals surface area contributed by atoms with E-state index in [9.17, 15) is 13.2 Å². The lowest BCUT2D eigenvalue weighted by Crippen LogP contribution is -2.40. The molecule has 0 radical (unpaired) electrons. The van der Waals surface area contributed by atoms with Gasteiger partial charge in [-0.25, -0.2) is 8.42 Å². The Bertz CT molecular complexity index is 1180. The summed E-state index contributed by atoms with van der Waals surface area (Å²) in [7, 11) is -3.79. The number of amides is 1. The van der Waals surface area contributed by atoms with Crippen molar-refractivity contribution in [3.05, 3.63) is 46.7 Å². The van der Waals surface area contributed by atoms with Crippen molar-refractivity contribution in [3.8, 4) is 10.7 Å². The number of anilines is 1. The van der Waals surface area contributed by atoms with E-state index < -0.39 is 10.0 Å². The summed E-state index contributed by atoms with van der Waals surface area (Å²) in [6.07, 6.45) is 0. The van der Waals surface area contributed by atoms with Gasteiger partial charge in [0.1, 0.15) is 4.90 Å². The monoisotopic (exact) mass is 448 g/mol. The van der Waals surface area contributed by atoms with E-state index >= 15 is 0 Å². The number of aryl methyl sites for hydroxylation is 2. The van der Waals surface area contributed by atoms with Crippen molar-refractivity contribution in [2.45, 2.75) is 18.7 Å². The highest BCUT2D eigenvalue weighted by Gasteiger charge is 2.26. The molecule has 1 amide bonds. The number of rotatable bonds is 5. The predicted molar refractivity (Wildman–Crippen MR) is 111 cm³/mol. The minimum Gasteiger partial charge on any atom is -0.378 e. The van der Waals surface area contributed by atoms with Crippen molar-refractivity contribution in [2.75, 3.05) is 31.0 Å². The summed E-state index contributed by atoms with van der Waals surface area (Å²) in [6.45, 7) is 5.44. The molecule has 0 spiro atoms. The van der Waals surface area contributed by atoms with Crippen LogP contribution in [0.15, 0.2) is 39.8 Å². The van der Waals surface area contributed by atoms with Crippen molar-refractivity contribution >= 4 is 33.0 Å². The summed E-state index contributed by atoms with van der Waals surface area (Å²) in [5.74, 6) is -0.309. The number of carbonyl (C=O) groups excluding carboxylic acids is 1. The highest BCUT2D eigenvalue weighted by molar-refractivity contribution is 7.93. The van der Waals surface area contributed by atoms with Crippen LogP contribution in [0.25, 0.3) is 10.7 Å². The lowest BCUT2D eigenvalue weighted by Gasteiger charge is -2.25. The number of hydrogen-bond donors (Lipinski definition) is 1. The number of benzene rings is 1. The largest absolute Gasteiger partial charge is 0.378 e. The third kappa shape index (κ3) is 4.23. The lowest BCUT2D eigenvalue weighted by atomic mass is 10.2. The second kappa shape index (κ2) is 8.17. The van der Waals surface area contributed by atoms with Gasteiger partial charge in [-0.3, -0.25) is 9.52 Å². The van der Waals surface area contributed by atoms with Crippen molar-refractivity contribution < 1.29 is 22.5 Å². The highest BCUT2D eigenvalue weighted by atomic mass is 32.2. The van der Waals surface area contributed by atoms with Crippen molar-refractivity contribution in [1.82, 2.24) is 15.0 Å². The maximum absolute atomic E-state index is 12.9. The van der Waals surface area contributed by atoms with Crippen LogP contribution in [0.5, 0.6) is 0 Å². The van der Waals surface area contributed by atoms with Crippen LogP contribution >= 0.6 is 11.3 Å². The van der Waals surface area contributed by atoms with E-state index in [1.54, 1.807) is 30.0 Å². The van der Waals surface area contributed by atoms with Crippen LogP contribution in [-0.4, -0.2) is 55.7 Å². The number of nitrogens with zero attached hydrogens (tertiary/aromatic N) is 3. The molecular weight excluding hydrogens is 428 g/mol. The van der Waals surface area contributed by atoms with Gasteiger partial charge in [0.15, 0.2) is 0 Å². The maximum atomic E-state index is 12.9. The van der Waals surface area contributed by atoms with E-state index in [4.69, 9.17) is 9.26 Å². The molecule has 2 aromatic heterocycles. The Kier molecular flexibility index (Phi) is 5.58. The van der Waals surface area contributed by atoms with Gasteiger partial charge in [0.2, 0.25) is 5.82 Å². The molecule has 1 saturated heterocycles. The van der Waals surface area contributed by atoms with Crippen LogP contribution in [0.3, 0.4) is 0 Å². The Morgan fingerprint density at radius 3 is 2.70 bits per heavy atom. The molecule has 3 heterocycles. The van der Waals surface area contributed by atoms with Crippen LogP contribution in [0.1, 0.15) is 21.1 Å². The molecule has 0 saturated carbocycles. The van der Waals surface area contributed by atoms with Crippen LogP contribution in [0, 0.1) is 13.8 Å². The van der Waals surface area contributed by atoms with E-state index in [1.165, 1.54) is 17.4 Å². The van der Waals surface area contributed by atoms with E-state index in [0.29, 0.717) is 41.7 Å². The van der Waals surface area contributed by atoms with Gasteiger partial charge in [-0.2, -0.15) is 4.98 Å². The molecule has 158 valence electrons. The molecule has 30 heavy (non-hydrogen) atoms. The van der Waals surface area contributed by atoms with Crippen LogP contribution < -0.4 is 4.72 Å². The third-order valence-electron chi connectivity index (χ3n) is 4.56. The Hall–Kier alpha value is -2.76. The number of sulfonamides is 1. The Morgan fingerprint density at radius 2 is 1.97 bits per heavy atom. The molecule has 0 unspecified atom stereocenters. The van der Waals surface area contributed by atoms with Crippen LogP contribution in [-0.2, 0) is 14.8 Å². The molecule has 0 bridgehead atoms. The first-order valence-corrected chi connectivity index (χ1v) is 11.5. The fraction of sp³-hybridized carbons (Fsp3) is 0.316. The van der Waals surface area contributed by atoms with Gasteiger partial charge in [0.25, 0.3) is 10.0 Å². The first kappa shape index (κ1) is 20.5. The molecule has 9 nitrogen and oxygen atoms in total. The second-order valence-corrected chi connectivity index (χ2v) is 9.74. The fourth-order valence-electron chi connectivity index (χ4n) is 3.07. The molecular formula is C19H20N4O5S2. The number of hydrogen-bond acceptors (Lipinski definition) is 8. The lowest BCUT2D eigenvalue weighted by molar-refractivity contribution is 0.0272. The normalized spacial score (nSPS) is 14.7. The summed E-state index contributed by atoms with van der Waals surface area (Å²) in [5.41, 5.74) is 1.43. The van der Waals surface area contributed by atoms with Gasteiger partial charge in [-0.05, 0) is 37.6 Å². The molecule has 1 aliphatic rings. The smallest absolute Gasteiger partial charge is 0.316 e. The van der Waals surface area contributed by atoms with Gasteiger partial charge in [-0.15, -0.1) is 11.3 Å². The highest BCUT2D eigenvalue weighted by Crippen LogP contribution is 2.33. The summed E-state index contributed by atoms with van der Waals surface area (Å²) < 4.78 is 38.7. The molecule has 1 fully saturated rings. The zero-order chi connectivity index (χ0) is 21.3. The number of thiophene rings is 1. The first-order valence-electron chi connectivity index (χ1n) is 9.24. The van der Waals surface area contributed by atoms with Gasteiger partial charge >= 0.3 is 11.8 Å². The Morgan fingerprint density at radius 1 is 1.20 bits per heavy atom. The van der Waals surface area contributed by atoms with E-state index in [0.717, 1.165) is 5.56 Å². The van der Waals surface area contributed by atoms with Gasteiger partial charge < -0.3 is 14.2 Å². The Labute approximate surface area is 177 Å². The summed E-state index contributed by atoms with van der Waals surface area (Å²) in [5, 5.41) is 3.86. The third-order valence-corrected chi connectivity index (χ3v) is 7.24. The topological polar surface area (TPSA) is 115 Å². The molecule has 1 N–H and O–H groups in total. The molecule has 4 rings (SSSR count). The second-order valence-electron chi connectivity index (χ2n) is 6.83. The fourth-order valence-corrected chi connectivity index (χ4v) is 5.64. The standard InChI is InChI=1S/C19H20N4O5S2/c1-12-4-3-5-14(10-12)22-30(25,26)16-11-15(29-13(16)2)17-20-18(28-21-17)19(24)23-6-8-27-9-7-23/h3-5,10-11,22H,6-9H2,1-2H3. The molecule has 1 aliphatic heterocycles. The van der Waals surface area contributed by atoms with Crippen LogP contribution in [0.2, 0.25) is 0 Å². The van der Waals surface area contributed by atoms with Crippen LogP contribution in [0.4, 0.5) is 5.69 Å². The average Bonchev–Trinajstić information content (AvgIpc) is 3.35. The summed E-state index contributed by atoms with van der Waals surface area (Å²) in [6, 6.07) is 8.61. The minimum absolute atomic E-state index is 0.125. The molecule has 3 aromatic rings. The van der Waals surface area contributed by atoms with E-state index in [1.807, 2.05) is 13.0 Å². The summed E-state index contributed by atoms with van der Waals surface area (Å²) >= 11 is 1.22. The van der Waals surface area contributed by atoms with Gasteiger partial charge in [-0.1, -0.05) is 17.3 Å². The maximum Gasteiger partial charge on any atom is 0.316 e. The van der Waals surface area contributed by atoms with E-state index in [2.05, 4.69) is 14.9 Å². The van der Waals surface area contributed by atoms with Gasteiger partial charge in [0, 0.05) is 23.7 Å². The quantitative estimate of drug-likeness (QED) is 0.638. The number of aromatic nitrogens is 2. The zero-order valence-corrected chi connectivity index (χ0v) is 18.0.